The van der Waals surface area contributed by atoms with Crippen LogP contribution >= 0.6 is 0 Å². The molecule has 7 heteroatoms. The summed E-state index contributed by atoms with van der Waals surface area (Å²) in [5.41, 5.74) is 6.01. The first-order valence-electron chi connectivity index (χ1n) is 15.3. The zero-order valence-corrected chi connectivity index (χ0v) is 26.7. The summed E-state index contributed by atoms with van der Waals surface area (Å²) < 4.78 is 47.3. The minimum atomic E-state index is -4.42. The maximum Gasteiger partial charge on any atom is 0.416 e. The van der Waals surface area contributed by atoms with Gasteiger partial charge in [-0.15, -0.1) is 0 Å². The van der Waals surface area contributed by atoms with Crippen LogP contribution in [0.15, 0.2) is 30.3 Å². The highest BCUT2D eigenvalue weighted by Crippen LogP contribution is 2.53. The number of pyridine rings is 1. The van der Waals surface area contributed by atoms with Gasteiger partial charge in [0.05, 0.1) is 17.4 Å². The van der Waals surface area contributed by atoms with Crippen LogP contribution in [-0.2, 0) is 17.0 Å². The van der Waals surface area contributed by atoms with Crippen LogP contribution in [-0.4, -0.2) is 18.4 Å². The summed E-state index contributed by atoms with van der Waals surface area (Å²) in [6.07, 6.45) is 4.50. The van der Waals surface area contributed by atoms with Crippen molar-refractivity contribution in [3.05, 3.63) is 69.5 Å². The van der Waals surface area contributed by atoms with Crippen molar-refractivity contribution < 1.29 is 22.7 Å². The normalized spacial score (nSPS) is 22.2. The third kappa shape index (κ3) is 5.96. The lowest BCUT2D eigenvalue weighted by Gasteiger charge is -2.45. The molecule has 2 aromatic rings. The van der Waals surface area contributed by atoms with Crippen molar-refractivity contribution in [1.29, 1.82) is 0 Å². The Hall–Kier alpha value is -1.96. The van der Waals surface area contributed by atoms with Gasteiger partial charge in [0.2, 0.25) is 0 Å². The van der Waals surface area contributed by atoms with E-state index in [0.717, 1.165) is 91.6 Å². The number of aromatic nitrogens is 1. The van der Waals surface area contributed by atoms with Gasteiger partial charge in [0, 0.05) is 22.7 Å². The minimum absolute atomic E-state index is 0.0127. The molecule has 0 bridgehead atoms. The van der Waals surface area contributed by atoms with E-state index in [1.165, 1.54) is 17.7 Å². The van der Waals surface area contributed by atoms with Gasteiger partial charge in [-0.05, 0) is 97.3 Å². The first kappa shape index (κ1) is 30.5. The molecule has 0 saturated heterocycles. The van der Waals surface area contributed by atoms with E-state index in [1.54, 1.807) is 0 Å². The molecule has 0 amide bonds. The topological polar surface area (TPSA) is 42.4 Å². The Labute approximate surface area is 244 Å². The van der Waals surface area contributed by atoms with Crippen molar-refractivity contribution >= 4 is 13.9 Å². The van der Waals surface area contributed by atoms with Gasteiger partial charge in [0.25, 0.3) is 0 Å². The Bertz CT molecular complexity index is 1320. The molecular weight excluding hydrogens is 539 g/mol. The van der Waals surface area contributed by atoms with Crippen molar-refractivity contribution in [2.45, 2.75) is 128 Å². The van der Waals surface area contributed by atoms with E-state index >= 15 is 0 Å². The standard InChI is InChI=1S/C34H46F3NO2Si/c1-32(2,3)41(6,7)40-26-20-33(4,5)19-25-28(26)27(21-11-8-9-12-21)29(30(38-25)22-13-10-14-22)31(39)23-15-17-24(18-16-23)34(35,36)37/h11,15-18,22,26,31,39H,8-10,12-14,19-20H2,1-7H3/t26-,31?/m0/s1. The summed E-state index contributed by atoms with van der Waals surface area (Å²) in [7, 11) is -2.17. The van der Waals surface area contributed by atoms with Gasteiger partial charge in [-0.2, -0.15) is 13.2 Å². The van der Waals surface area contributed by atoms with Crippen LogP contribution in [0.1, 0.15) is 137 Å². The molecule has 3 aliphatic carbocycles. The molecule has 1 fully saturated rings. The molecule has 224 valence electrons. The molecule has 0 aliphatic heterocycles. The number of hydrogen-bond donors (Lipinski definition) is 1. The van der Waals surface area contributed by atoms with Crippen LogP contribution in [0.25, 0.3) is 5.57 Å². The molecule has 1 aromatic carbocycles. The van der Waals surface area contributed by atoms with E-state index in [9.17, 15) is 18.3 Å². The summed E-state index contributed by atoms with van der Waals surface area (Å²) >= 11 is 0. The average molecular weight is 586 g/mol. The lowest BCUT2D eigenvalue weighted by atomic mass is 9.70. The number of benzene rings is 1. The van der Waals surface area contributed by atoms with Crippen LogP contribution in [0.2, 0.25) is 18.1 Å². The lowest BCUT2D eigenvalue weighted by molar-refractivity contribution is -0.137. The number of allylic oxidation sites excluding steroid dienone is 2. The Morgan fingerprint density at radius 3 is 2.22 bits per heavy atom. The molecule has 1 unspecified atom stereocenters. The Morgan fingerprint density at radius 2 is 1.71 bits per heavy atom. The minimum Gasteiger partial charge on any atom is -0.410 e. The van der Waals surface area contributed by atoms with Crippen LogP contribution in [0.4, 0.5) is 13.2 Å². The number of aliphatic hydroxyl groups excluding tert-OH is 1. The smallest absolute Gasteiger partial charge is 0.410 e. The van der Waals surface area contributed by atoms with Crippen molar-refractivity contribution in [3.8, 4) is 0 Å². The average Bonchev–Trinajstić information content (AvgIpc) is 3.34. The third-order valence-corrected chi connectivity index (χ3v) is 14.5. The van der Waals surface area contributed by atoms with Crippen LogP contribution in [0.3, 0.4) is 0 Å². The van der Waals surface area contributed by atoms with E-state index in [4.69, 9.17) is 9.41 Å². The number of fused-ring (bicyclic) bond motifs is 1. The van der Waals surface area contributed by atoms with Gasteiger partial charge < -0.3 is 9.53 Å². The largest absolute Gasteiger partial charge is 0.416 e. The molecule has 3 aliphatic rings. The molecule has 1 saturated carbocycles. The van der Waals surface area contributed by atoms with Gasteiger partial charge in [0.1, 0.15) is 6.10 Å². The SMILES string of the molecule is CC1(C)Cc2nc(C3CCC3)c(C(O)c3ccc(C(F)(F)F)cc3)c(C3=CCCC3)c2[C@@H](O[Si](C)(C)C(C)(C)C)C1. The Morgan fingerprint density at radius 1 is 1.05 bits per heavy atom. The molecule has 0 spiro atoms. The van der Waals surface area contributed by atoms with Crippen LogP contribution in [0, 0.1) is 5.41 Å². The Kier molecular flexibility index (Phi) is 7.91. The quantitative estimate of drug-likeness (QED) is 0.343. The number of aliphatic hydroxyl groups is 1. The molecule has 3 nitrogen and oxygen atoms in total. The van der Waals surface area contributed by atoms with Crippen molar-refractivity contribution in [3.63, 3.8) is 0 Å². The fourth-order valence-corrected chi connectivity index (χ4v) is 7.73. The van der Waals surface area contributed by atoms with E-state index < -0.39 is 26.2 Å². The van der Waals surface area contributed by atoms with Crippen LogP contribution in [0.5, 0.6) is 0 Å². The van der Waals surface area contributed by atoms with E-state index in [2.05, 4.69) is 53.8 Å². The summed E-state index contributed by atoms with van der Waals surface area (Å²) in [6, 6.07) is 5.01. The first-order valence-corrected chi connectivity index (χ1v) is 18.2. The predicted molar refractivity (Wildman–Crippen MR) is 161 cm³/mol. The van der Waals surface area contributed by atoms with Crippen molar-refractivity contribution in [2.24, 2.45) is 5.41 Å². The Balaban J connectivity index is 1.74. The number of halogens is 3. The second-order valence-corrected chi connectivity index (χ2v) is 19.6. The highest BCUT2D eigenvalue weighted by atomic mass is 28.4. The first-order chi connectivity index (χ1) is 19.0. The van der Waals surface area contributed by atoms with E-state index in [-0.39, 0.29) is 22.5 Å². The molecule has 1 aromatic heterocycles. The summed E-state index contributed by atoms with van der Waals surface area (Å²) in [6.45, 7) is 15.9. The molecule has 1 N–H and O–H groups in total. The highest BCUT2D eigenvalue weighted by Gasteiger charge is 2.45. The number of alkyl halides is 3. The number of rotatable bonds is 6. The van der Waals surface area contributed by atoms with Gasteiger partial charge in [-0.3, -0.25) is 4.98 Å². The van der Waals surface area contributed by atoms with Gasteiger partial charge in [-0.1, -0.05) is 59.2 Å². The molecule has 2 atom stereocenters. The lowest BCUT2D eigenvalue weighted by Crippen LogP contribution is -2.44. The zero-order chi connectivity index (χ0) is 30.0. The van der Waals surface area contributed by atoms with Gasteiger partial charge >= 0.3 is 6.18 Å². The van der Waals surface area contributed by atoms with Crippen molar-refractivity contribution in [1.82, 2.24) is 4.98 Å². The molecule has 0 radical (unpaired) electrons. The zero-order valence-electron chi connectivity index (χ0n) is 25.7. The maximum absolute atomic E-state index is 13.4. The predicted octanol–water partition coefficient (Wildman–Crippen LogP) is 10.1. The van der Waals surface area contributed by atoms with Gasteiger partial charge in [-0.25, -0.2) is 0 Å². The molecular formula is C34H46F3NO2Si. The third-order valence-electron chi connectivity index (χ3n) is 10.0. The van der Waals surface area contributed by atoms with Crippen LogP contribution < -0.4 is 0 Å². The number of hydrogen-bond acceptors (Lipinski definition) is 3. The number of nitrogens with zero attached hydrogens (tertiary/aromatic N) is 1. The second-order valence-electron chi connectivity index (χ2n) is 14.8. The van der Waals surface area contributed by atoms with E-state index in [0.29, 0.717) is 5.56 Å². The molecule has 1 heterocycles. The molecule has 5 rings (SSSR count). The maximum atomic E-state index is 13.4. The summed E-state index contributed by atoms with van der Waals surface area (Å²) in [4.78, 5) is 5.38. The van der Waals surface area contributed by atoms with E-state index in [1.807, 2.05) is 0 Å². The summed E-state index contributed by atoms with van der Waals surface area (Å²) in [5.74, 6) is 0.255. The van der Waals surface area contributed by atoms with Crippen molar-refractivity contribution in [2.75, 3.05) is 0 Å². The monoisotopic (exact) mass is 585 g/mol. The summed E-state index contributed by atoms with van der Waals surface area (Å²) in [5, 5.41) is 12.1. The molecule has 41 heavy (non-hydrogen) atoms. The highest BCUT2D eigenvalue weighted by molar-refractivity contribution is 6.74. The van der Waals surface area contributed by atoms with Gasteiger partial charge in [0.15, 0.2) is 8.32 Å². The fourth-order valence-electron chi connectivity index (χ4n) is 6.46. The fraction of sp³-hybridized carbons (Fsp3) is 0.618. The second kappa shape index (κ2) is 10.6.